The van der Waals surface area contributed by atoms with E-state index in [1.165, 1.54) is 12.2 Å². The van der Waals surface area contributed by atoms with Gasteiger partial charge < -0.3 is 9.53 Å². The summed E-state index contributed by atoms with van der Waals surface area (Å²) in [6.07, 6.45) is 0. The first-order valence-corrected chi connectivity index (χ1v) is 10.4. The second-order valence-electron chi connectivity index (χ2n) is 6.57. The summed E-state index contributed by atoms with van der Waals surface area (Å²) < 4.78 is 6.56. The molecule has 2 atom stereocenters. The average molecular weight is 318 g/mol. The van der Waals surface area contributed by atoms with Crippen LogP contribution in [0.3, 0.4) is 0 Å². The maximum atomic E-state index is 12.5. The molecule has 0 unspecified atom stereocenters. The molecule has 124 valence electrons. The third-order valence-electron chi connectivity index (χ3n) is 5.59. The van der Waals surface area contributed by atoms with E-state index in [1.807, 2.05) is 13.8 Å². The summed E-state index contributed by atoms with van der Waals surface area (Å²) in [4.78, 5) is 17.5. The number of hydrogen-bond acceptors (Lipinski definition) is 4. The van der Waals surface area contributed by atoms with Gasteiger partial charge in [0.15, 0.2) is 8.32 Å². The van der Waals surface area contributed by atoms with E-state index in [0.717, 1.165) is 18.1 Å². The second kappa shape index (κ2) is 6.36. The largest absolute Gasteiger partial charge is 0.408 e. The van der Waals surface area contributed by atoms with Gasteiger partial charge in [0, 0.05) is 12.5 Å². The van der Waals surface area contributed by atoms with Crippen molar-refractivity contribution < 1.29 is 19.2 Å². The quantitative estimate of drug-likeness (QED) is 0.552. The summed E-state index contributed by atoms with van der Waals surface area (Å²) in [5.74, 6) is -0.473. The zero-order valence-electron chi connectivity index (χ0n) is 14.5. The molecule has 0 heterocycles. The highest BCUT2D eigenvalue weighted by molar-refractivity contribution is 6.73. The maximum Gasteiger partial charge on any atom is 0.252 e. The number of amides is 1. The molecule has 1 saturated carbocycles. The van der Waals surface area contributed by atoms with Crippen molar-refractivity contribution in [2.45, 2.75) is 58.4 Å². The summed E-state index contributed by atoms with van der Waals surface area (Å²) in [6.45, 7) is 10.3. The molecule has 1 fully saturated rings. The summed E-state index contributed by atoms with van der Waals surface area (Å²) in [5.41, 5.74) is -1.13. The van der Waals surface area contributed by atoms with E-state index in [2.05, 4.69) is 20.8 Å². The van der Waals surface area contributed by atoms with Gasteiger partial charge in [0.2, 0.25) is 0 Å². The van der Waals surface area contributed by atoms with Crippen LogP contribution in [0.15, 0.2) is 0 Å². The Hall–Kier alpha value is -0.433. The Morgan fingerprint density at radius 3 is 2.05 bits per heavy atom. The average Bonchev–Trinajstić information content (AvgIpc) is 2.98. The molecular formula is C15H31NO4Si. The standard InChI is InChI=1S/C15H31NO4Si/c1-8-21(9-2,10-3)20-15(11-17)12(14(15,4)5)13(18)16(6)19-7/h12,17H,8-11H2,1-7H3/t12-,15+/m1/s1. The van der Waals surface area contributed by atoms with Crippen molar-refractivity contribution in [3.05, 3.63) is 0 Å². The van der Waals surface area contributed by atoms with Crippen LogP contribution in [0.4, 0.5) is 0 Å². The fourth-order valence-electron chi connectivity index (χ4n) is 3.46. The number of aliphatic hydroxyl groups excluding tert-OH is 1. The van der Waals surface area contributed by atoms with Crippen molar-refractivity contribution >= 4 is 14.2 Å². The molecule has 1 N–H and O–H groups in total. The number of aliphatic hydroxyl groups is 1. The summed E-state index contributed by atoms with van der Waals surface area (Å²) in [7, 11) is 1.17. The molecule has 6 heteroatoms. The van der Waals surface area contributed by atoms with Crippen LogP contribution >= 0.6 is 0 Å². The van der Waals surface area contributed by atoms with E-state index in [0.29, 0.717) is 0 Å². The van der Waals surface area contributed by atoms with Gasteiger partial charge in [-0.1, -0.05) is 34.6 Å². The molecule has 0 aromatic heterocycles. The molecule has 0 bridgehead atoms. The van der Waals surface area contributed by atoms with Crippen LogP contribution in [-0.2, 0) is 14.1 Å². The Morgan fingerprint density at radius 2 is 1.71 bits per heavy atom. The minimum atomic E-state index is -1.90. The minimum absolute atomic E-state index is 0.122. The SMILES string of the molecule is CC[Si](CC)(CC)O[C@@]1(CO)[C@H](C(=O)N(C)OC)C1(C)C. The van der Waals surface area contributed by atoms with Crippen LogP contribution in [0.5, 0.6) is 0 Å². The molecule has 0 radical (unpaired) electrons. The molecule has 1 rings (SSSR count). The van der Waals surface area contributed by atoms with Gasteiger partial charge in [0.1, 0.15) is 0 Å². The van der Waals surface area contributed by atoms with E-state index < -0.39 is 13.9 Å². The van der Waals surface area contributed by atoms with Gasteiger partial charge in [-0.05, 0) is 18.1 Å². The van der Waals surface area contributed by atoms with Crippen LogP contribution in [0, 0.1) is 11.3 Å². The zero-order valence-corrected chi connectivity index (χ0v) is 15.5. The third-order valence-corrected chi connectivity index (χ3v) is 10.3. The fourth-order valence-corrected chi connectivity index (χ4v) is 6.62. The number of carbonyl (C=O) groups excluding carboxylic acids is 1. The van der Waals surface area contributed by atoms with Crippen molar-refractivity contribution in [2.75, 3.05) is 20.8 Å². The van der Waals surface area contributed by atoms with Crippen LogP contribution in [-0.4, -0.2) is 50.8 Å². The van der Waals surface area contributed by atoms with Crippen LogP contribution < -0.4 is 0 Å². The Kier molecular flexibility index (Phi) is 5.64. The Bertz CT molecular complexity index is 376. The van der Waals surface area contributed by atoms with Gasteiger partial charge in [-0.2, -0.15) is 0 Å². The number of hydrogen-bond donors (Lipinski definition) is 1. The van der Waals surface area contributed by atoms with Gasteiger partial charge >= 0.3 is 0 Å². The van der Waals surface area contributed by atoms with Gasteiger partial charge in [0.25, 0.3) is 5.91 Å². The lowest BCUT2D eigenvalue weighted by Gasteiger charge is -2.35. The molecule has 1 amide bonds. The Morgan fingerprint density at radius 1 is 1.24 bits per heavy atom. The molecule has 1 aliphatic carbocycles. The predicted octanol–water partition coefficient (Wildman–Crippen LogP) is 2.42. The van der Waals surface area contributed by atoms with Crippen molar-refractivity contribution in [1.29, 1.82) is 0 Å². The van der Waals surface area contributed by atoms with Crippen LogP contribution in [0.1, 0.15) is 34.6 Å². The first kappa shape index (κ1) is 18.6. The van der Waals surface area contributed by atoms with Crippen molar-refractivity contribution in [2.24, 2.45) is 11.3 Å². The summed E-state index contributed by atoms with van der Waals surface area (Å²) in [5, 5.41) is 11.2. The maximum absolute atomic E-state index is 12.5. The van der Waals surface area contributed by atoms with Gasteiger partial charge in [-0.25, -0.2) is 5.06 Å². The number of carbonyl (C=O) groups is 1. The molecule has 5 nitrogen and oxygen atoms in total. The third kappa shape index (κ3) is 2.78. The highest BCUT2D eigenvalue weighted by Crippen LogP contribution is 2.65. The molecule has 0 aliphatic heterocycles. The zero-order chi connectivity index (χ0) is 16.5. The van der Waals surface area contributed by atoms with Crippen molar-refractivity contribution in [1.82, 2.24) is 5.06 Å². The van der Waals surface area contributed by atoms with Crippen molar-refractivity contribution in [3.8, 4) is 0 Å². The van der Waals surface area contributed by atoms with Gasteiger partial charge in [-0.15, -0.1) is 0 Å². The smallest absolute Gasteiger partial charge is 0.252 e. The first-order chi connectivity index (χ1) is 9.71. The lowest BCUT2D eigenvalue weighted by Crippen LogP contribution is -2.45. The van der Waals surface area contributed by atoms with E-state index >= 15 is 0 Å². The Labute approximate surface area is 129 Å². The van der Waals surface area contributed by atoms with Crippen molar-refractivity contribution in [3.63, 3.8) is 0 Å². The van der Waals surface area contributed by atoms with E-state index in [-0.39, 0.29) is 23.8 Å². The molecule has 0 saturated heterocycles. The van der Waals surface area contributed by atoms with Crippen LogP contribution in [0.2, 0.25) is 18.1 Å². The summed E-state index contributed by atoms with van der Waals surface area (Å²) >= 11 is 0. The molecule has 0 aromatic carbocycles. The number of hydroxylamine groups is 2. The fraction of sp³-hybridized carbons (Fsp3) is 0.933. The van der Waals surface area contributed by atoms with E-state index in [1.54, 1.807) is 7.05 Å². The molecule has 21 heavy (non-hydrogen) atoms. The normalized spacial score (nSPS) is 27.5. The molecule has 0 aromatic rings. The lowest BCUT2D eigenvalue weighted by molar-refractivity contribution is -0.172. The minimum Gasteiger partial charge on any atom is -0.408 e. The highest BCUT2D eigenvalue weighted by Gasteiger charge is 2.77. The lowest BCUT2D eigenvalue weighted by atomic mass is 10.1. The van der Waals surface area contributed by atoms with Crippen LogP contribution in [0.25, 0.3) is 0 Å². The Balaban J connectivity index is 3.08. The number of nitrogens with zero attached hydrogens (tertiary/aromatic N) is 1. The second-order valence-corrected chi connectivity index (χ2v) is 11.3. The molecule has 0 spiro atoms. The van der Waals surface area contributed by atoms with Gasteiger partial charge in [-0.3, -0.25) is 9.63 Å². The monoisotopic (exact) mass is 317 g/mol. The topological polar surface area (TPSA) is 59.0 Å². The predicted molar refractivity (Wildman–Crippen MR) is 85.1 cm³/mol. The molecular weight excluding hydrogens is 286 g/mol. The molecule has 1 aliphatic rings. The van der Waals surface area contributed by atoms with E-state index in [4.69, 9.17) is 9.26 Å². The van der Waals surface area contributed by atoms with Gasteiger partial charge in [0.05, 0.1) is 25.2 Å². The highest BCUT2D eigenvalue weighted by atomic mass is 28.4. The first-order valence-electron chi connectivity index (χ1n) is 7.84. The number of rotatable bonds is 8. The summed E-state index contributed by atoms with van der Waals surface area (Å²) in [6, 6.07) is 3.00. The van der Waals surface area contributed by atoms with E-state index in [9.17, 15) is 9.90 Å².